The van der Waals surface area contributed by atoms with Crippen LogP contribution in [-0.2, 0) is 4.74 Å². The Hall–Kier alpha value is -3.06. The molecule has 0 unspecified atom stereocenters. The Bertz CT molecular complexity index is 781. The number of urea groups is 2. The van der Waals surface area contributed by atoms with E-state index < -0.39 is 0 Å². The van der Waals surface area contributed by atoms with E-state index in [9.17, 15) is 9.59 Å². The first kappa shape index (κ1) is 22.2. The van der Waals surface area contributed by atoms with Crippen molar-refractivity contribution in [2.45, 2.75) is 33.1 Å². The molecular formula is C22H30N4O3. The second kappa shape index (κ2) is 12.4. The average molecular weight is 399 g/mol. The molecule has 0 heterocycles. The summed E-state index contributed by atoms with van der Waals surface area (Å²) in [5.41, 5.74) is 2.83. The van der Waals surface area contributed by atoms with Gasteiger partial charge >= 0.3 is 12.1 Å². The van der Waals surface area contributed by atoms with Crippen molar-refractivity contribution in [3.8, 4) is 0 Å². The molecule has 0 atom stereocenters. The Morgan fingerprint density at radius 1 is 0.862 bits per heavy atom. The van der Waals surface area contributed by atoms with Gasteiger partial charge in [-0.25, -0.2) is 9.59 Å². The van der Waals surface area contributed by atoms with E-state index in [-0.39, 0.29) is 12.1 Å². The van der Waals surface area contributed by atoms with Crippen LogP contribution in [0, 0.1) is 6.92 Å². The molecule has 2 aromatic rings. The molecule has 4 N–H and O–H groups in total. The average Bonchev–Trinajstić information content (AvgIpc) is 2.70. The predicted octanol–water partition coefficient (Wildman–Crippen LogP) is 4.97. The summed E-state index contributed by atoms with van der Waals surface area (Å²) in [6.45, 7) is 5.95. The molecule has 2 aromatic carbocycles. The topological polar surface area (TPSA) is 91.5 Å². The summed E-state index contributed by atoms with van der Waals surface area (Å²) in [7, 11) is 0. The molecule has 0 spiro atoms. The Balaban J connectivity index is 1.79. The van der Waals surface area contributed by atoms with Gasteiger partial charge in [0.2, 0.25) is 0 Å². The summed E-state index contributed by atoms with van der Waals surface area (Å²) in [6.07, 6.45) is 2.93. The number of carbonyl (C=O) groups is 2. The third-order valence-corrected chi connectivity index (χ3v) is 4.17. The number of anilines is 3. The zero-order chi connectivity index (χ0) is 20.9. The molecule has 0 fully saturated rings. The molecule has 4 amide bonds. The Morgan fingerprint density at radius 3 is 2.34 bits per heavy atom. The van der Waals surface area contributed by atoms with Gasteiger partial charge in [-0.2, -0.15) is 0 Å². The summed E-state index contributed by atoms with van der Waals surface area (Å²) >= 11 is 0. The van der Waals surface area contributed by atoms with Gasteiger partial charge in [0.25, 0.3) is 0 Å². The van der Waals surface area contributed by atoms with Gasteiger partial charge in [-0.15, -0.1) is 0 Å². The fraction of sp³-hybridized carbons (Fsp3) is 0.364. The van der Waals surface area contributed by atoms with E-state index in [4.69, 9.17) is 4.74 Å². The van der Waals surface area contributed by atoms with Gasteiger partial charge in [0.1, 0.15) is 0 Å². The van der Waals surface area contributed by atoms with E-state index in [1.54, 1.807) is 24.3 Å². The molecule has 0 aromatic heterocycles. The number of unbranched alkanes of at least 4 members (excludes halogenated alkanes) is 1. The summed E-state index contributed by atoms with van der Waals surface area (Å²) in [5.74, 6) is 0. The lowest BCUT2D eigenvalue weighted by Crippen LogP contribution is -2.30. The van der Waals surface area contributed by atoms with E-state index in [0.717, 1.165) is 31.4 Å². The first-order chi connectivity index (χ1) is 14.1. The maximum Gasteiger partial charge on any atom is 0.323 e. The number of hydrogen-bond acceptors (Lipinski definition) is 3. The first-order valence-electron chi connectivity index (χ1n) is 9.94. The van der Waals surface area contributed by atoms with Crippen molar-refractivity contribution in [2.75, 3.05) is 35.7 Å². The molecule has 29 heavy (non-hydrogen) atoms. The second-order valence-electron chi connectivity index (χ2n) is 6.68. The normalized spacial score (nSPS) is 10.3. The minimum Gasteiger partial charge on any atom is -0.381 e. The number of para-hydroxylation sites is 1. The fourth-order valence-electron chi connectivity index (χ4n) is 2.54. The van der Waals surface area contributed by atoms with Crippen LogP contribution in [0.5, 0.6) is 0 Å². The largest absolute Gasteiger partial charge is 0.381 e. The Kier molecular flexibility index (Phi) is 9.51. The van der Waals surface area contributed by atoms with Gasteiger partial charge < -0.3 is 26.0 Å². The lowest BCUT2D eigenvalue weighted by molar-refractivity contribution is 0.129. The minimum absolute atomic E-state index is 0.285. The van der Waals surface area contributed by atoms with Crippen LogP contribution < -0.4 is 21.3 Å². The number of amides is 4. The maximum atomic E-state index is 12.1. The highest BCUT2D eigenvalue weighted by Crippen LogP contribution is 2.20. The van der Waals surface area contributed by atoms with Crippen molar-refractivity contribution in [2.24, 2.45) is 0 Å². The molecule has 0 saturated carbocycles. The van der Waals surface area contributed by atoms with Gasteiger partial charge in [0.05, 0.1) is 0 Å². The standard InChI is InChI=1S/C22H30N4O3/c1-3-4-14-29-15-8-13-23-21(27)26-20-16-19(12-11-17(20)2)25-22(28)24-18-9-6-5-7-10-18/h5-7,9-12,16H,3-4,8,13-15H2,1-2H3,(H2,23,26,27)(H2,24,25,28). The molecule has 2 rings (SSSR count). The lowest BCUT2D eigenvalue weighted by atomic mass is 10.2. The summed E-state index contributed by atoms with van der Waals surface area (Å²) in [5, 5.41) is 11.2. The molecule has 0 saturated heterocycles. The molecule has 0 radical (unpaired) electrons. The number of hydrogen-bond donors (Lipinski definition) is 4. The van der Waals surface area contributed by atoms with Crippen LogP contribution in [0.25, 0.3) is 0 Å². The number of benzene rings is 2. The van der Waals surface area contributed by atoms with Crippen molar-refractivity contribution in [1.82, 2.24) is 5.32 Å². The highest BCUT2D eigenvalue weighted by molar-refractivity contribution is 6.00. The molecule has 0 aliphatic rings. The second-order valence-corrected chi connectivity index (χ2v) is 6.68. The number of carbonyl (C=O) groups excluding carboxylic acids is 2. The zero-order valence-electron chi connectivity index (χ0n) is 17.1. The number of rotatable bonds is 10. The van der Waals surface area contributed by atoms with Crippen LogP contribution in [0.3, 0.4) is 0 Å². The molecule has 0 aliphatic heterocycles. The summed E-state index contributed by atoms with van der Waals surface area (Å²) in [4.78, 5) is 24.2. The van der Waals surface area contributed by atoms with Crippen molar-refractivity contribution in [3.05, 3.63) is 54.1 Å². The van der Waals surface area contributed by atoms with Crippen LogP contribution in [0.1, 0.15) is 31.7 Å². The highest BCUT2D eigenvalue weighted by Gasteiger charge is 2.08. The molecule has 7 nitrogen and oxygen atoms in total. The smallest absolute Gasteiger partial charge is 0.323 e. The number of nitrogens with one attached hydrogen (secondary N) is 4. The van der Waals surface area contributed by atoms with E-state index in [1.165, 1.54) is 0 Å². The fourth-order valence-corrected chi connectivity index (χ4v) is 2.54. The van der Waals surface area contributed by atoms with E-state index in [0.29, 0.717) is 30.2 Å². The van der Waals surface area contributed by atoms with Gasteiger partial charge in [-0.3, -0.25) is 0 Å². The SMILES string of the molecule is CCCCOCCCNC(=O)Nc1cc(NC(=O)Nc2ccccc2)ccc1C. The zero-order valence-corrected chi connectivity index (χ0v) is 17.1. The molecular weight excluding hydrogens is 368 g/mol. The monoisotopic (exact) mass is 398 g/mol. The number of aryl methyl sites for hydroxylation is 1. The van der Waals surface area contributed by atoms with Crippen LogP contribution in [0.2, 0.25) is 0 Å². The summed E-state index contributed by atoms with van der Waals surface area (Å²) in [6, 6.07) is 13.9. The lowest BCUT2D eigenvalue weighted by Gasteiger charge is -2.13. The van der Waals surface area contributed by atoms with Gasteiger partial charge in [-0.1, -0.05) is 37.6 Å². The van der Waals surface area contributed by atoms with Crippen molar-refractivity contribution in [3.63, 3.8) is 0 Å². The molecule has 7 heteroatoms. The maximum absolute atomic E-state index is 12.1. The molecule has 156 valence electrons. The van der Waals surface area contributed by atoms with Crippen LogP contribution in [-0.4, -0.2) is 31.8 Å². The minimum atomic E-state index is -0.349. The van der Waals surface area contributed by atoms with Crippen LogP contribution in [0.15, 0.2) is 48.5 Å². The van der Waals surface area contributed by atoms with Gasteiger partial charge in [0.15, 0.2) is 0 Å². The van der Waals surface area contributed by atoms with Crippen LogP contribution >= 0.6 is 0 Å². The van der Waals surface area contributed by atoms with Crippen molar-refractivity contribution in [1.29, 1.82) is 0 Å². The first-order valence-corrected chi connectivity index (χ1v) is 9.94. The van der Waals surface area contributed by atoms with E-state index in [2.05, 4.69) is 28.2 Å². The third-order valence-electron chi connectivity index (χ3n) is 4.17. The third kappa shape index (κ3) is 8.66. The number of ether oxygens (including phenoxy) is 1. The molecule has 0 aliphatic carbocycles. The van der Waals surface area contributed by atoms with Crippen LogP contribution in [0.4, 0.5) is 26.7 Å². The van der Waals surface area contributed by atoms with Crippen molar-refractivity contribution >= 4 is 29.1 Å². The van der Waals surface area contributed by atoms with E-state index in [1.807, 2.05) is 31.2 Å². The highest BCUT2D eigenvalue weighted by atomic mass is 16.5. The van der Waals surface area contributed by atoms with Gasteiger partial charge in [-0.05, 0) is 49.6 Å². The quantitative estimate of drug-likeness (QED) is 0.426. The molecule has 0 bridgehead atoms. The van der Waals surface area contributed by atoms with Crippen molar-refractivity contribution < 1.29 is 14.3 Å². The predicted molar refractivity (Wildman–Crippen MR) is 118 cm³/mol. The Morgan fingerprint density at radius 2 is 1.59 bits per heavy atom. The summed E-state index contributed by atoms with van der Waals surface area (Å²) < 4.78 is 5.47. The Labute approximate surface area is 172 Å². The van der Waals surface area contributed by atoms with E-state index >= 15 is 0 Å². The van der Waals surface area contributed by atoms with Gasteiger partial charge in [0, 0.05) is 36.8 Å².